The van der Waals surface area contributed by atoms with Gasteiger partial charge in [-0.25, -0.2) is 9.78 Å². The summed E-state index contributed by atoms with van der Waals surface area (Å²) in [5.74, 6) is 0.539. The third-order valence-electron chi connectivity index (χ3n) is 3.33. The lowest BCUT2D eigenvalue weighted by molar-refractivity contribution is 0.714. The molecule has 0 amide bonds. The molecule has 7 nitrogen and oxygen atoms in total. The van der Waals surface area contributed by atoms with E-state index in [9.17, 15) is 0 Å². The highest BCUT2D eigenvalue weighted by molar-refractivity contribution is 7.71. The zero-order chi connectivity index (χ0) is 15.9. The van der Waals surface area contributed by atoms with Gasteiger partial charge in [0, 0.05) is 22.6 Å². The zero-order valence-corrected chi connectivity index (χ0v) is 13.7. The Morgan fingerprint density at radius 3 is 2.59 bits per heavy atom. The summed E-state index contributed by atoms with van der Waals surface area (Å²) >= 11 is 5.26. The molecular formula is C14H17N7S. The highest BCUT2D eigenvalue weighted by atomic mass is 32.1. The summed E-state index contributed by atoms with van der Waals surface area (Å²) in [6.45, 7) is 7.91. The van der Waals surface area contributed by atoms with Crippen molar-refractivity contribution in [2.75, 3.05) is 0 Å². The van der Waals surface area contributed by atoms with E-state index in [4.69, 9.17) is 12.2 Å². The molecule has 0 spiro atoms. The van der Waals surface area contributed by atoms with Crippen molar-refractivity contribution in [3.8, 4) is 5.95 Å². The van der Waals surface area contributed by atoms with E-state index in [0.29, 0.717) is 10.7 Å². The summed E-state index contributed by atoms with van der Waals surface area (Å²) < 4.78 is 3.70. The molecule has 0 radical (unpaired) electrons. The Kier molecular flexibility index (Phi) is 3.53. The molecular weight excluding hydrogens is 298 g/mol. The van der Waals surface area contributed by atoms with Crippen LogP contribution >= 0.6 is 12.2 Å². The molecule has 22 heavy (non-hydrogen) atoms. The fourth-order valence-electron chi connectivity index (χ4n) is 2.36. The number of aromatic amines is 2. The molecule has 0 aliphatic rings. The van der Waals surface area contributed by atoms with Crippen LogP contribution in [0.3, 0.4) is 0 Å². The maximum atomic E-state index is 5.26. The standard InChI is InChI=1S/C14H17N7S/c1-8-6-12(11(4)16-8)7-15-21-13(17-18-14(21)22)20-10(3)5-9(2)19-20/h5-7,16H,1-4H3,(H,18,22)/b15-7+. The quantitative estimate of drug-likeness (QED) is 0.576. The summed E-state index contributed by atoms with van der Waals surface area (Å²) in [5, 5.41) is 15.9. The summed E-state index contributed by atoms with van der Waals surface area (Å²) in [6, 6.07) is 4.01. The van der Waals surface area contributed by atoms with E-state index in [1.807, 2.05) is 39.8 Å². The maximum absolute atomic E-state index is 5.26. The second kappa shape index (κ2) is 5.38. The molecule has 0 atom stereocenters. The predicted molar refractivity (Wildman–Crippen MR) is 87.3 cm³/mol. The van der Waals surface area contributed by atoms with Gasteiger partial charge in [0.2, 0.25) is 4.77 Å². The van der Waals surface area contributed by atoms with Gasteiger partial charge in [0.05, 0.1) is 11.9 Å². The minimum absolute atomic E-state index is 0.420. The second-order valence-corrected chi connectivity index (χ2v) is 5.64. The van der Waals surface area contributed by atoms with Crippen LogP contribution in [0.1, 0.15) is 28.3 Å². The first-order chi connectivity index (χ1) is 10.5. The molecule has 0 bridgehead atoms. The van der Waals surface area contributed by atoms with Crippen molar-refractivity contribution in [2.24, 2.45) is 5.10 Å². The van der Waals surface area contributed by atoms with Crippen molar-refractivity contribution in [1.82, 2.24) is 29.6 Å². The van der Waals surface area contributed by atoms with Crippen molar-refractivity contribution < 1.29 is 0 Å². The molecule has 8 heteroatoms. The molecule has 0 aliphatic carbocycles. The normalized spacial score (nSPS) is 11.6. The van der Waals surface area contributed by atoms with Gasteiger partial charge in [-0.2, -0.15) is 14.9 Å². The van der Waals surface area contributed by atoms with Crippen molar-refractivity contribution >= 4 is 18.4 Å². The van der Waals surface area contributed by atoms with E-state index in [1.54, 1.807) is 15.6 Å². The lowest BCUT2D eigenvalue weighted by Gasteiger charge is -2.02. The van der Waals surface area contributed by atoms with Gasteiger partial charge in [0.1, 0.15) is 0 Å². The minimum Gasteiger partial charge on any atom is -0.362 e. The number of aromatic nitrogens is 6. The second-order valence-electron chi connectivity index (χ2n) is 5.26. The first-order valence-corrected chi connectivity index (χ1v) is 7.28. The van der Waals surface area contributed by atoms with Crippen LogP contribution in [0.2, 0.25) is 0 Å². The van der Waals surface area contributed by atoms with E-state index in [0.717, 1.165) is 28.3 Å². The molecule has 3 rings (SSSR count). The van der Waals surface area contributed by atoms with Crippen LogP contribution in [-0.2, 0) is 0 Å². The number of nitrogens with one attached hydrogen (secondary N) is 2. The van der Waals surface area contributed by atoms with Crippen LogP contribution in [0.15, 0.2) is 17.2 Å². The third kappa shape index (κ3) is 2.52. The first-order valence-electron chi connectivity index (χ1n) is 6.87. The van der Waals surface area contributed by atoms with E-state index < -0.39 is 0 Å². The van der Waals surface area contributed by atoms with Gasteiger partial charge < -0.3 is 4.98 Å². The monoisotopic (exact) mass is 315 g/mol. The summed E-state index contributed by atoms with van der Waals surface area (Å²) in [4.78, 5) is 3.24. The molecule has 0 unspecified atom stereocenters. The van der Waals surface area contributed by atoms with Gasteiger partial charge in [-0.3, -0.25) is 0 Å². The Morgan fingerprint density at radius 2 is 2.00 bits per heavy atom. The molecule has 0 aromatic carbocycles. The minimum atomic E-state index is 0.420. The van der Waals surface area contributed by atoms with Gasteiger partial charge in [0.15, 0.2) is 0 Å². The van der Waals surface area contributed by atoms with Gasteiger partial charge in [-0.05, 0) is 52.0 Å². The number of H-pyrrole nitrogens is 2. The largest absolute Gasteiger partial charge is 0.362 e. The molecule has 2 N–H and O–H groups in total. The van der Waals surface area contributed by atoms with Crippen LogP contribution in [0, 0.1) is 32.5 Å². The Bertz CT molecular complexity index is 906. The number of nitrogens with zero attached hydrogens (tertiary/aromatic N) is 5. The van der Waals surface area contributed by atoms with Crippen molar-refractivity contribution in [1.29, 1.82) is 0 Å². The Balaban J connectivity index is 2.05. The molecule has 0 saturated carbocycles. The van der Waals surface area contributed by atoms with Crippen LogP contribution in [-0.4, -0.2) is 35.9 Å². The average molecular weight is 315 g/mol. The lowest BCUT2D eigenvalue weighted by atomic mass is 10.3. The van der Waals surface area contributed by atoms with Crippen molar-refractivity contribution in [2.45, 2.75) is 27.7 Å². The molecule has 3 aromatic heterocycles. The highest BCUT2D eigenvalue weighted by Gasteiger charge is 2.11. The average Bonchev–Trinajstić information content (AvgIpc) is 3.06. The predicted octanol–water partition coefficient (Wildman–Crippen LogP) is 2.57. The molecule has 0 saturated heterocycles. The topological polar surface area (TPSA) is 79.6 Å². The van der Waals surface area contributed by atoms with Crippen LogP contribution in [0.5, 0.6) is 0 Å². The fourth-order valence-corrected chi connectivity index (χ4v) is 2.53. The number of rotatable bonds is 3. The summed E-state index contributed by atoms with van der Waals surface area (Å²) in [7, 11) is 0. The SMILES string of the molecule is Cc1cc(C)n(-c2n[nH]c(=S)n2/N=C/c2cc(C)[nH]c2C)n1. The Hall–Kier alpha value is -2.48. The van der Waals surface area contributed by atoms with Gasteiger partial charge in [-0.1, -0.05) is 0 Å². The zero-order valence-electron chi connectivity index (χ0n) is 12.9. The number of hydrogen-bond donors (Lipinski definition) is 2. The molecule has 3 aromatic rings. The van der Waals surface area contributed by atoms with Crippen LogP contribution in [0.4, 0.5) is 0 Å². The van der Waals surface area contributed by atoms with Gasteiger partial charge >= 0.3 is 0 Å². The lowest BCUT2D eigenvalue weighted by Crippen LogP contribution is -2.07. The fraction of sp³-hybridized carbons (Fsp3) is 0.286. The highest BCUT2D eigenvalue weighted by Crippen LogP contribution is 2.11. The summed E-state index contributed by atoms with van der Waals surface area (Å²) in [6.07, 6.45) is 1.76. The van der Waals surface area contributed by atoms with E-state index >= 15 is 0 Å². The maximum Gasteiger partial charge on any atom is 0.271 e. The van der Waals surface area contributed by atoms with Gasteiger partial charge in [0.25, 0.3) is 5.95 Å². The Morgan fingerprint density at radius 1 is 1.23 bits per heavy atom. The van der Waals surface area contributed by atoms with Crippen molar-refractivity contribution in [3.05, 3.63) is 45.2 Å². The molecule has 114 valence electrons. The third-order valence-corrected chi connectivity index (χ3v) is 3.60. The van der Waals surface area contributed by atoms with E-state index in [1.165, 1.54) is 0 Å². The molecule has 0 fully saturated rings. The van der Waals surface area contributed by atoms with E-state index in [2.05, 4.69) is 25.4 Å². The first kappa shape index (κ1) is 14.5. The van der Waals surface area contributed by atoms with Gasteiger partial charge in [-0.15, -0.1) is 5.10 Å². The smallest absolute Gasteiger partial charge is 0.271 e. The number of aryl methyl sites for hydroxylation is 4. The molecule has 0 aliphatic heterocycles. The van der Waals surface area contributed by atoms with E-state index in [-0.39, 0.29) is 0 Å². The summed E-state index contributed by atoms with van der Waals surface area (Å²) in [5.41, 5.74) is 5.05. The Labute approximate surface area is 132 Å². The van der Waals surface area contributed by atoms with Crippen LogP contribution in [0.25, 0.3) is 5.95 Å². The van der Waals surface area contributed by atoms with Crippen LogP contribution < -0.4 is 0 Å². The molecule has 3 heterocycles. The number of hydrogen-bond acceptors (Lipinski definition) is 4. The van der Waals surface area contributed by atoms with Crippen molar-refractivity contribution in [3.63, 3.8) is 0 Å².